The molecule has 1 saturated heterocycles. The standard InChI is InChI=1S/C24H26O10/c1-11(22(27)29-5)15-9-19(30-12(2)25)16-8-14(32-23(16)28)10-24(4)21(34-24)18-7-6-17(33-18)20(15)31-13(3)26/h6-8,14-15,19-21H,1,9-10H2,2-5H3/t14-,15+,19-,20+,21-,24-/m1/s1. The molecule has 3 aliphatic rings. The Morgan fingerprint density at radius 3 is 2.44 bits per heavy atom. The molecule has 0 amide bonds. The number of rotatable bonds is 4. The van der Waals surface area contributed by atoms with Gasteiger partial charge >= 0.3 is 23.9 Å². The Morgan fingerprint density at radius 1 is 1.12 bits per heavy atom. The van der Waals surface area contributed by atoms with Crippen molar-refractivity contribution in [2.75, 3.05) is 7.11 Å². The fourth-order valence-electron chi connectivity index (χ4n) is 4.58. The van der Waals surface area contributed by atoms with Gasteiger partial charge in [0, 0.05) is 38.2 Å². The van der Waals surface area contributed by atoms with Crippen molar-refractivity contribution in [3.8, 4) is 0 Å². The number of carbonyl (C=O) groups excluding carboxylic acids is 4. The van der Waals surface area contributed by atoms with Crippen molar-refractivity contribution < 1.29 is 47.3 Å². The summed E-state index contributed by atoms with van der Waals surface area (Å²) in [5.41, 5.74) is -0.568. The number of furan rings is 1. The van der Waals surface area contributed by atoms with E-state index < -0.39 is 59.8 Å². The second kappa shape index (κ2) is 8.75. The van der Waals surface area contributed by atoms with Gasteiger partial charge in [0.25, 0.3) is 0 Å². The third-order valence-electron chi connectivity index (χ3n) is 6.21. The molecule has 34 heavy (non-hydrogen) atoms. The minimum atomic E-state index is -1.12. The molecule has 0 unspecified atom stereocenters. The third-order valence-corrected chi connectivity index (χ3v) is 6.21. The lowest BCUT2D eigenvalue weighted by atomic mass is 9.85. The van der Waals surface area contributed by atoms with Crippen molar-refractivity contribution in [2.45, 2.75) is 63.6 Å². The van der Waals surface area contributed by atoms with Crippen LogP contribution < -0.4 is 0 Å². The molecule has 0 spiro atoms. The van der Waals surface area contributed by atoms with E-state index >= 15 is 0 Å². The maximum Gasteiger partial charge on any atom is 0.338 e. The van der Waals surface area contributed by atoms with Gasteiger partial charge in [-0.15, -0.1) is 0 Å². The monoisotopic (exact) mass is 474 g/mol. The van der Waals surface area contributed by atoms with Crippen LogP contribution in [-0.2, 0) is 42.9 Å². The highest BCUT2D eigenvalue weighted by Crippen LogP contribution is 2.54. The first-order valence-corrected chi connectivity index (χ1v) is 10.8. The summed E-state index contributed by atoms with van der Waals surface area (Å²) in [6, 6.07) is 3.34. The van der Waals surface area contributed by atoms with E-state index in [9.17, 15) is 19.2 Å². The molecule has 3 aliphatic heterocycles. The molecule has 182 valence electrons. The van der Waals surface area contributed by atoms with Gasteiger partial charge in [0.15, 0.2) is 6.10 Å². The fourth-order valence-corrected chi connectivity index (χ4v) is 4.58. The van der Waals surface area contributed by atoms with Crippen LogP contribution in [0.5, 0.6) is 0 Å². The summed E-state index contributed by atoms with van der Waals surface area (Å²) in [7, 11) is 1.19. The smallest absolute Gasteiger partial charge is 0.338 e. The maximum atomic E-state index is 12.7. The third kappa shape index (κ3) is 4.50. The first kappa shape index (κ1) is 23.7. The lowest BCUT2D eigenvalue weighted by Gasteiger charge is -2.29. The molecular formula is C24H26O10. The molecule has 10 nitrogen and oxygen atoms in total. The number of esters is 4. The van der Waals surface area contributed by atoms with Crippen LogP contribution in [0.2, 0.25) is 0 Å². The molecule has 0 aromatic carbocycles. The Morgan fingerprint density at radius 2 is 1.79 bits per heavy atom. The van der Waals surface area contributed by atoms with E-state index in [0.29, 0.717) is 12.2 Å². The number of hydrogen-bond acceptors (Lipinski definition) is 10. The molecule has 4 rings (SSSR count). The normalized spacial score (nSPS) is 31.9. The SMILES string of the molecule is C=C(C(=O)OC)[C@@H]1C[C@@H](OC(C)=O)C2=C[C@H](C[C@@]3(C)O[C@@H]3c3ccc(o3)[C@H]1OC(C)=O)OC2=O. The van der Waals surface area contributed by atoms with Crippen molar-refractivity contribution >= 4 is 23.9 Å². The van der Waals surface area contributed by atoms with Crippen LogP contribution in [0, 0.1) is 5.92 Å². The van der Waals surface area contributed by atoms with Crippen LogP contribution in [0.15, 0.2) is 40.4 Å². The fraction of sp³-hybridized carbons (Fsp3) is 0.500. The van der Waals surface area contributed by atoms with Crippen LogP contribution in [0.3, 0.4) is 0 Å². The highest BCUT2D eigenvalue weighted by Gasteiger charge is 2.57. The van der Waals surface area contributed by atoms with Crippen LogP contribution in [-0.4, -0.2) is 48.8 Å². The Hall–Kier alpha value is -3.40. The predicted octanol–water partition coefficient (Wildman–Crippen LogP) is 2.64. The van der Waals surface area contributed by atoms with E-state index in [-0.39, 0.29) is 23.3 Å². The summed E-state index contributed by atoms with van der Waals surface area (Å²) in [4.78, 5) is 49.1. The summed E-state index contributed by atoms with van der Waals surface area (Å²) in [6.07, 6.45) is -1.37. The Balaban J connectivity index is 1.84. The highest BCUT2D eigenvalue weighted by atomic mass is 16.6. The summed E-state index contributed by atoms with van der Waals surface area (Å²) in [6.45, 7) is 8.13. The maximum absolute atomic E-state index is 12.7. The first-order chi connectivity index (χ1) is 16.0. The average Bonchev–Trinajstić information content (AvgIpc) is 3.08. The minimum absolute atomic E-state index is 0.0465. The van der Waals surface area contributed by atoms with E-state index in [1.807, 2.05) is 6.92 Å². The number of methoxy groups -OCH3 is 1. The van der Waals surface area contributed by atoms with Crippen molar-refractivity contribution in [1.82, 2.24) is 0 Å². The molecule has 4 bridgehead atoms. The summed E-state index contributed by atoms with van der Waals surface area (Å²) < 4.78 is 33.3. The Bertz CT molecular complexity index is 1080. The van der Waals surface area contributed by atoms with Gasteiger partial charge in [-0.05, 0) is 25.1 Å². The Kier molecular flexibility index (Phi) is 6.11. The second-order valence-corrected chi connectivity index (χ2v) is 8.81. The topological polar surface area (TPSA) is 131 Å². The molecule has 6 atom stereocenters. The number of ether oxygens (including phenoxy) is 5. The molecule has 0 N–H and O–H groups in total. The molecule has 0 saturated carbocycles. The van der Waals surface area contributed by atoms with Gasteiger partial charge < -0.3 is 28.1 Å². The lowest BCUT2D eigenvalue weighted by molar-refractivity contribution is -0.155. The molecule has 1 fully saturated rings. The summed E-state index contributed by atoms with van der Waals surface area (Å²) >= 11 is 0. The molecule has 10 heteroatoms. The molecule has 1 aromatic rings. The van der Waals surface area contributed by atoms with Gasteiger partial charge in [0.1, 0.15) is 35.4 Å². The van der Waals surface area contributed by atoms with Gasteiger partial charge in [0.05, 0.1) is 12.7 Å². The van der Waals surface area contributed by atoms with Crippen LogP contribution in [0.1, 0.15) is 57.3 Å². The highest BCUT2D eigenvalue weighted by molar-refractivity contribution is 5.93. The molecular weight excluding hydrogens is 448 g/mol. The average molecular weight is 474 g/mol. The van der Waals surface area contributed by atoms with Crippen molar-refractivity contribution in [3.05, 3.63) is 47.5 Å². The van der Waals surface area contributed by atoms with Crippen molar-refractivity contribution in [3.63, 3.8) is 0 Å². The van der Waals surface area contributed by atoms with E-state index in [4.69, 9.17) is 28.1 Å². The largest absolute Gasteiger partial charge is 0.466 e. The number of fused-ring (bicyclic) bond motifs is 5. The Labute approximate surface area is 195 Å². The van der Waals surface area contributed by atoms with Gasteiger partial charge in [0.2, 0.25) is 0 Å². The quantitative estimate of drug-likeness (QED) is 0.278. The van der Waals surface area contributed by atoms with Crippen molar-refractivity contribution in [2.24, 2.45) is 5.92 Å². The van der Waals surface area contributed by atoms with Crippen molar-refractivity contribution in [1.29, 1.82) is 0 Å². The number of hydrogen-bond donors (Lipinski definition) is 0. The predicted molar refractivity (Wildman–Crippen MR) is 113 cm³/mol. The van der Waals surface area contributed by atoms with E-state index in [1.54, 1.807) is 18.2 Å². The zero-order chi connectivity index (χ0) is 24.8. The zero-order valence-electron chi connectivity index (χ0n) is 19.3. The zero-order valence-corrected chi connectivity index (χ0v) is 19.3. The molecule has 4 heterocycles. The van der Waals surface area contributed by atoms with Gasteiger partial charge in [-0.1, -0.05) is 6.58 Å². The van der Waals surface area contributed by atoms with Gasteiger partial charge in [-0.3, -0.25) is 9.59 Å². The number of carbonyl (C=O) groups is 4. The number of epoxide rings is 1. The first-order valence-electron chi connectivity index (χ1n) is 10.8. The molecule has 1 aromatic heterocycles. The van der Waals surface area contributed by atoms with Crippen LogP contribution >= 0.6 is 0 Å². The van der Waals surface area contributed by atoms with E-state index in [2.05, 4.69) is 6.58 Å². The summed E-state index contributed by atoms with van der Waals surface area (Å²) in [5.74, 6) is -2.87. The van der Waals surface area contributed by atoms with Crippen LogP contribution in [0.4, 0.5) is 0 Å². The van der Waals surface area contributed by atoms with E-state index in [0.717, 1.165) is 0 Å². The molecule has 0 radical (unpaired) electrons. The lowest BCUT2D eigenvalue weighted by Crippen LogP contribution is -2.31. The van der Waals surface area contributed by atoms with Gasteiger partial charge in [-0.2, -0.15) is 0 Å². The second-order valence-electron chi connectivity index (χ2n) is 8.81. The summed E-state index contributed by atoms with van der Waals surface area (Å²) in [5, 5.41) is 0. The van der Waals surface area contributed by atoms with E-state index in [1.165, 1.54) is 21.0 Å². The van der Waals surface area contributed by atoms with Crippen LogP contribution in [0.25, 0.3) is 0 Å². The van der Waals surface area contributed by atoms with Gasteiger partial charge in [-0.25, -0.2) is 9.59 Å². The minimum Gasteiger partial charge on any atom is -0.466 e. The molecule has 0 aliphatic carbocycles.